The molecule has 0 heterocycles. The van der Waals surface area contributed by atoms with Gasteiger partial charge in [-0.2, -0.15) is 0 Å². The van der Waals surface area contributed by atoms with Gasteiger partial charge in [-0.15, -0.1) is 0 Å². The molecule has 232 valence electrons. The minimum atomic E-state index is -0.517. The third-order valence-electron chi connectivity index (χ3n) is 5.17. The van der Waals surface area contributed by atoms with Gasteiger partial charge in [0.15, 0.2) is 0 Å². The van der Waals surface area contributed by atoms with Gasteiger partial charge in [0.2, 0.25) is 0 Å². The van der Waals surface area contributed by atoms with Crippen LogP contribution in [0.25, 0.3) is 0 Å². The fourth-order valence-corrected chi connectivity index (χ4v) is 23.5. The predicted octanol–water partition coefficient (Wildman–Crippen LogP) is 8.94. The first-order valence-corrected chi connectivity index (χ1v) is 27.1. The van der Waals surface area contributed by atoms with Gasteiger partial charge in [-0.25, -0.2) is 0 Å². The SMILES string of the molecule is C[C](C)(C)[Sn][C](C)(C)C.C[C](C)(C)[Sn][C](C)(C)C.c1cc[c]([Sn][c]2ccccc2)cc1.c1cc[c]([Sn][c]2ccccc2)cc1. The van der Waals surface area contributed by atoms with Crippen molar-refractivity contribution in [3.8, 4) is 0 Å². The molecule has 44 heavy (non-hydrogen) atoms. The molecule has 0 spiro atoms. The summed E-state index contributed by atoms with van der Waals surface area (Å²) in [6, 6.07) is 43.2. The predicted molar refractivity (Wildman–Crippen MR) is 206 cm³/mol. The van der Waals surface area contributed by atoms with Crippen molar-refractivity contribution in [3.63, 3.8) is 0 Å². The van der Waals surface area contributed by atoms with Gasteiger partial charge in [-0.3, -0.25) is 0 Å². The number of rotatable bonds is 4. The zero-order chi connectivity index (χ0) is 33.3. The quantitative estimate of drug-likeness (QED) is 0.179. The molecule has 8 radical (unpaired) electrons. The third-order valence-corrected chi connectivity index (χ3v) is 20.8. The van der Waals surface area contributed by atoms with Gasteiger partial charge in [0, 0.05) is 0 Å². The molecule has 0 aromatic heterocycles. The summed E-state index contributed by atoms with van der Waals surface area (Å²) in [5, 5.41) is 0. The summed E-state index contributed by atoms with van der Waals surface area (Å²) in [6.45, 7) is 28.4. The second-order valence-electron chi connectivity index (χ2n) is 15.0. The van der Waals surface area contributed by atoms with E-state index < -0.39 is 42.3 Å². The van der Waals surface area contributed by atoms with Gasteiger partial charge in [0.1, 0.15) is 0 Å². The molecule has 0 amide bonds. The Kier molecular flexibility index (Phi) is 20.2. The number of benzene rings is 4. The zero-order valence-corrected chi connectivity index (χ0v) is 41.0. The average Bonchev–Trinajstić information content (AvgIpc) is 2.88. The van der Waals surface area contributed by atoms with Crippen molar-refractivity contribution in [1.29, 1.82) is 0 Å². The molecule has 0 atom stereocenters. The van der Waals surface area contributed by atoms with Crippen LogP contribution >= 0.6 is 0 Å². The van der Waals surface area contributed by atoms with Crippen LogP contribution in [0.4, 0.5) is 0 Å². The summed E-state index contributed by atoms with van der Waals surface area (Å²) in [7, 11) is 0. The fraction of sp³-hybridized carbons (Fsp3) is 0.400. The molecule has 4 rings (SSSR count). The topological polar surface area (TPSA) is 0 Å². The number of hydrogen-bond donors (Lipinski definition) is 0. The molecule has 0 fully saturated rings. The standard InChI is InChI=1S/4C6H5.4C4H9.4Sn/c4*1-2-4-6-5-3-1;4*1-4(2)3;;;;/h4*1-5H;4*1-3H3;;;;. The molecule has 0 aliphatic rings. The second kappa shape index (κ2) is 21.1. The van der Waals surface area contributed by atoms with Crippen molar-refractivity contribution in [2.24, 2.45) is 0 Å². The number of hydrogen-bond acceptors (Lipinski definition) is 0. The molecule has 0 saturated carbocycles. The van der Waals surface area contributed by atoms with Crippen LogP contribution in [0.2, 0.25) is 13.7 Å². The van der Waals surface area contributed by atoms with Crippen molar-refractivity contribution in [2.45, 2.75) is 96.8 Å². The first-order valence-electron chi connectivity index (χ1n) is 15.6. The van der Waals surface area contributed by atoms with Gasteiger partial charge < -0.3 is 0 Å². The molecule has 0 unspecified atom stereocenters. The van der Waals surface area contributed by atoms with Gasteiger partial charge in [0.05, 0.1) is 0 Å². The van der Waals surface area contributed by atoms with Crippen LogP contribution in [0.15, 0.2) is 121 Å². The molecule has 4 aromatic rings. The van der Waals surface area contributed by atoms with E-state index in [0.717, 1.165) is 0 Å². The normalized spacial score (nSPS) is 11.5. The molecule has 0 saturated heterocycles. The molecule has 0 aliphatic heterocycles. The minimum absolute atomic E-state index is 0.182. The Labute approximate surface area is 313 Å². The van der Waals surface area contributed by atoms with Crippen LogP contribution in [0, 0.1) is 0 Å². The molecule has 4 aromatic carbocycles. The Hall–Kier alpha value is 0.0748. The van der Waals surface area contributed by atoms with E-state index in [1.807, 2.05) is 0 Å². The van der Waals surface area contributed by atoms with Crippen LogP contribution in [0.3, 0.4) is 0 Å². The van der Waals surface area contributed by atoms with Crippen molar-refractivity contribution in [2.75, 3.05) is 0 Å². The van der Waals surface area contributed by atoms with Gasteiger partial charge in [-0.1, -0.05) is 0 Å². The first-order chi connectivity index (χ1) is 20.3. The van der Waals surface area contributed by atoms with Crippen LogP contribution in [-0.4, -0.2) is 84.6 Å². The van der Waals surface area contributed by atoms with Gasteiger partial charge in [0.25, 0.3) is 0 Å². The molecule has 0 bridgehead atoms. The Morgan fingerprint density at radius 3 is 0.545 bits per heavy atom. The second-order valence-corrected chi connectivity index (χ2v) is 41.5. The molecular formula is C40H56Sn4. The third kappa shape index (κ3) is 26.2. The Morgan fingerprint density at radius 1 is 0.273 bits per heavy atom. The fourth-order valence-electron chi connectivity index (χ4n) is 4.67. The Morgan fingerprint density at radius 2 is 0.432 bits per heavy atom. The van der Waals surface area contributed by atoms with E-state index in [2.05, 4.69) is 204 Å². The first kappa shape index (κ1) is 42.1. The summed E-state index contributed by atoms with van der Waals surface area (Å²) in [5.41, 5.74) is 0. The maximum atomic E-state index is 2.37. The van der Waals surface area contributed by atoms with Gasteiger partial charge >= 0.3 is 317 Å². The van der Waals surface area contributed by atoms with E-state index in [4.69, 9.17) is 0 Å². The van der Waals surface area contributed by atoms with Crippen LogP contribution in [-0.2, 0) is 0 Å². The van der Waals surface area contributed by atoms with E-state index in [9.17, 15) is 0 Å². The Bertz CT molecular complexity index is 1040. The van der Waals surface area contributed by atoms with Crippen molar-refractivity contribution >= 4 is 98.9 Å². The summed E-state index contributed by atoms with van der Waals surface area (Å²) in [6.07, 6.45) is 0. The molecule has 0 nitrogen and oxygen atoms in total. The molecule has 0 aliphatic carbocycles. The van der Waals surface area contributed by atoms with Crippen molar-refractivity contribution < 1.29 is 0 Å². The van der Waals surface area contributed by atoms with E-state index in [1.54, 1.807) is 0 Å². The average molecular weight is 1010 g/mol. The van der Waals surface area contributed by atoms with E-state index in [0.29, 0.717) is 13.7 Å². The van der Waals surface area contributed by atoms with E-state index >= 15 is 0 Å². The summed E-state index contributed by atoms with van der Waals surface area (Å²) >= 11 is -1.40. The van der Waals surface area contributed by atoms with Crippen molar-refractivity contribution in [1.82, 2.24) is 0 Å². The Balaban J connectivity index is 0.000000299. The summed E-state index contributed by atoms with van der Waals surface area (Å²) in [4.78, 5) is 0. The van der Waals surface area contributed by atoms with Crippen LogP contribution < -0.4 is 14.3 Å². The van der Waals surface area contributed by atoms with Crippen LogP contribution in [0.1, 0.15) is 83.1 Å². The zero-order valence-electron chi connectivity index (χ0n) is 29.5. The summed E-state index contributed by atoms with van der Waals surface area (Å²) < 4.78 is 8.77. The van der Waals surface area contributed by atoms with E-state index in [1.165, 1.54) is 14.3 Å². The van der Waals surface area contributed by atoms with E-state index in [-0.39, 0.29) is 42.3 Å². The monoisotopic (exact) mass is 1020 g/mol. The maximum absolute atomic E-state index is 2.37. The molecular weight excluding hydrogens is 955 g/mol. The van der Waals surface area contributed by atoms with Crippen molar-refractivity contribution in [3.05, 3.63) is 121 Å². The molecule has 0 N–H and O–H groups in total. The molecule has 4 heteroatoms. The van der Waals surface area contributed by atoms with Gasteiger partial charge in [-0.05, 0) is 0 Å². The van der Waals surface area contributed by atoms with Crippen LogP contribution in [0.5, 0.6) is 0 Å². The summed E-state index contributed by atoms with van der Waals surface area (Å²) in [5.74, 6) is 0.